The van der Waals surface area contributed by atoms with Crippen LogP contribution in [0.1, 0.15) is 29.7 Å². The van der Waals surface area contributed by atoms with Crippen molar-refractivity contribution in [2.24, 2.45) is 0 Å². The molecule has 2 aromatic rings. The fraction of sp³-hybridized carbons (Fsp3) is 0.294. The maximum atomic E-state index is 5.56. The molecular weight excluding hydrogens is 361 g/mol. The quantitative estimate of drug-likeness (QED) is 0.781. The maximum absolute atomic E-state index is 5.56. The fourth-order valence-electron chi connectivity index (χ4n) is 2.58. The van der Waals surface area contributed by atoms with Gasteiger partial charge in [0.2, 0.25) is 0 Å². The Morgan fingerprint density at radius 3 is 2.85 bits per heavy atom. The van der Waals surface area contributed by atoms with E-state index in [-0.39, 0.29) is 0 Å². The minimum atomic E-state index is 0.291. The van der Waals surface area contributed by atoms with Crippen molar-refractivity contribution in [3.05, 3.63) is 56.7 Å². The number of aryl methyl sites for hydroxylation is 1. The van der Waals surface area contributed by atoms with Crippen molar-refractivity contribution < 1.29 is 4.74 Å². The zero-order valence-corrected chi connectivity index (χ0v) is 13.9. The lowest BCUT2D eigenvalue weighted by molar-refractivity contribution is 0.357. The van der Waals surface area contributed by atoms with Crippen molar-refractivity contribution in [1.82, 2.24) is 0 Å². The molecule has 1 N–H and O–H groups in total. The number of hydrogen-bond donors (Lipinski definition) is 1. The molecule has 1 atom stereocenters. The van der Waals surface area contributed by atoms with E-state index in [4.69, 9.17) is 4.74 Å². The molecule has 3 heteroatoms. The molecule has 0 saturated carbocycles. The standard InChI is InChI=1S/C17H18INO/c1-11-9-15(18)4-5-16(11)19-12(2)13-3-6-17-14(10-13)7-8-20-17/h3-6,9-10,12,19H,7-8H2,1-2H3. The first-order chi connectivity index (χ1) is 9.63. The second-order valence-corrected chi connectivity index (χ2v) is 6.54. The van der Waals surface area contributed by atoms with E-state index in [1.807, 2.05) is 0 Å². The van der Waals surface area contributed by atoms with Crippen molar-refractivity contribution in [3.8, 4) is 5.75 Å². The average Bonchev–Trinajstić information content (AvgIpc) is 2.89. The van der Waals surface area contributed by atoms with Gasteiger partial charge in [0.25, 0.3) is 0 Å². The van der Waals surface area contributed by atoms with Crippen LogP contribution in [0.15, 0.2) is 36.4 Å². The second-order valence-electron chi connectivity index (χ2n) is 5.29. The van der Waals surface area contributed by atoms with Gasteiger partial charge in [0.1, 0.15) is 5.75 Å². The number of nitrogens with one attached hydrogen (secondary N) is 1. The summed E-state index contributed by atoms with van der Waals surface area (Å²) in [4.78, 5) is 0. The normalized spacial score (nSPS) is 14.6. The van der Waals surface area contributed by atoms with Gasteiger partial charge in [-0.15, -0.1) is 0 Å². The summed E-state index contributed by atoms with van der Waals surface area (Å²) in [6, 6.07) is 13.3. The van der Waals surface area contributed by atoms with Crippen LogP contribution in [0.2, 0.25) is 0 Å². The Labute approximate surface area is 133 Å². The molecule has 0 spiro atoms. The van der Waals surface area contributed by atoms with Gasteiger partial charge in [-0.3, -0.25) is 0 Å². The van der Waals surface area contributed by atoms with Crippen LogP contribution in [-0.2, 0) is 6.42 Å². The summed E-state index contributed by atoms with van der Waals surface area (Å²) in [5, 5.41) is 3.60. The average molecular weight is 379 g/mol. The number of benzene rings is 2. The van der Waals surface area contributed by atoms with Crippen molar-refractivity contribution >= 4 is 28.3 Å². The highest BCUT2D eigenvalue weighted by Crippen LogP contribution is 2.30. The van der Waals surface area contributed by atoms with Crippen LogP contribution in [0.4, 0.5) is 5.69 Å². The molecule has 0 bridgehead atoms. The number of hydrogen-bond acceptors (Lipinski definition) is 2. The lowest BCUT2D eigenvalue weighted by Crippen LogP contribution is -2.08. The fourth-order valence-corrected chi connectivity index (χ4v) is 3.23. The summed E-state index contributed by atoms with van der Waals surface area (Å²) >= 11 is 2.35. The predicted octanol–water partition coefficient (Wildman–Crippen LogP) is 4.71. The molecule has 1 aliphatic rings. The molecular formula is C17H18INO. The largest absolute Gasteiger partial charge is 0.493 e. The van der Waals surface area contributed by atoms with Crippen molar-refractivity contribution in [2.75, 3.05) is 11.9 Å². The lowest BCUT2D eigenvalue weighted by atomic mass is 10.0. The number of anilines is 1. The molecule has 0 fully saturated rings. The maximum Gasteiger partial charge on any atom is 0.122 e. The van der Waals surface area contributed by atoms with Gasteiger partial charge >= 0.3 is 0 Å². The molecule has 1 aliphatic heterocycles. The Morgan fingerprint density at radius 2 is 2.05 bits per heavy atom. The first kappa shape index (κ1) is 13.7. The Kier molecular flexibility index (Phi) is 3.87. The number of ether oxygens (including phenoxy) is 1. The van der Waals surface area contributed by atoms with Gasteiger partial charge in [-0.05, 0) is 83.5 Å². The molecule has 0 amide bonds. The van der Waals surface area contributed by atoms with E-state index < -0.39 is 0 Å². The van der Waals surface area contributed by atoms with Crippen LogP contribution in [0, 0.1) is 10.5 Å². The monoisotopic (exact) mass is 379 g/mol. The summed E-state index contributed by atoms with van der Waals surface area (Å²) in [5.74, 6) is 1.05. The van der Waals surface area contributed by atoms with E-state index in [1.165, 1.54) is 25.9 Å². The van der Waals surface area contributed by atoms with Crippen LogP contribution < -0.4 is 10.1 Å². The first-order valence-corrected chi connectivity index (χ1v) is 7.99. The van der Waals surface area contributed by atoms with Gasteiger partial charge in [-0.2, -0.15) is 0 Å². The van der Waals surface area contributed by atoms with Crippen LogP contribution in [-0.4, -0.2) is 6.61 Å². The Hall–Kier alpha value is -1.23. The molecule has 104 valence electrons. The smallest absolute Gasteiger partial charge is 0.122 e. The van der Waals surface area contributed by atoms with Crippen molar-refractivity contribution in [2.45, 2.75) is 26.3 Å². The van der Waals surface area contributed by atoms with Crippen LogP contribution in [0.5, 0.6) is 5.75 Å². The lowest BCUT2D eigenvalue weighted by Gasteiger charge is -2.18. The van der Waals surface area contributed by atoms with E-state index in [0.717, 1.165) is 18.8 Å². The van der Waals surface area contributed by atoms with E-state index >= 15 is 0 Å². The molecule has 1 heterocycles. The van der Waals surface area contributed by atoms with E-state index in [2.05, 4.69) is 78.2 Å². The molecule has 0 radical (unpaired) electrons. The third-order valence-corrected chi connectivity index (χ3v) is 4.44. The van der Waals surface area contributed by atoms with Crippen molar-refractivity contribution in [3.63, 3.8) is 0 Å². The summed E-state index contributed by atoms with van der Waals surface area (Å²) in [5.41, 5.74) is 5.13. The van der Waals surface area contributed by atoms with Crippen LogP contribution in [0.3, 0.4) is 0 Å². The third kappa shape index (κ3) is 2.77. The zero-order valence-electron chi connectivity index (χ0n) is 11.7. The van der Waals surface area contributed by atoms with E-state index in [0.29, 0.717) is 6.04 Å². The Bertz CT molecular complexity index is 639. The highest BCUT2D eigenvalue weighted by Gasteiger charge is 2.14. The second kappa shape index (κ2) is 5.64. The van der Waals surface area contributed by atoms with Gasteiger partial charge in [-0.1, -0.05) is 6.07 Å². The summed E-state index contributed by atoms with van der Waals surface area (Å²) in [6.45, 7) is 5.17. The molecule has 3 rings (SSSR count). The van der Waals surface area contributed by atoms with Crippen LogP contribution >= 0.6 is 22.6 Å². The number of rotatable bonds is 3. The van der Waals surface area contributed by atoms with Gasteiger partial charge in [-0.25, -0.2) is 0 Å². The summed E-state index contributed by atoms with van der Waals surface area (Å²) in [6.07, 6.45) is 1.03. The predicted molar refractivity (Wildman–Crippen MR) is 91.6 cm³/mol. The molecule has 0 saturated heterocycles. The van der Waals surface area contributed by atoms with Gasteiger partial charge in [0, 0.05) is 21.7 Å². The first-order valence-electron chi connectivity index (χ1n) is 6.92. The molecule has 0 aliphatic carbocycles. The van der Waals surface area contributed by atoms with Gasteiger partial charge in [0.05, 0.1) is 6.61 Å². The van der Waals surface area contributed by atoms with Gasteiger partial charge < -0.3 is 10.1 Å². The molecule has 2 nitrogen and oxygen atoms in total. The highest BCUT2D eigenvalue weighted by atomic mass is 127. The summed E-state index contributed by atoms with van der Waals surface area (Å²) < 4.78 is 6.83. The Balaban J connectivity index is 1.80. The van der Waals surface area contributed by atoms with Gasteiger partial charge in [0.15, 0.2) is 0 Å². The van der Waals surface area contributed by atoms with Crippen LogP contribution in [0.25, 0.3) is 0 Å². The molecule has 1 unspecified atom stereocenters. The Morgan fingerprint density at radius 1 is 1.20 bits per heavy atom. The van der Waals surface area contributed by atoms with E-state index in [9.17, 15) is 0 Å². The minimum absolute atomic E-state index is 0.291. The van der Waals surface area contributed by atoms with E-state index in [1.54, 1.807) is 0 Å². The number of halogens is 1. The molecule has 0 aromatic heterocycles. The number of fused-ring (bicyclic) bond motifs is 1. The minimum Gasteiger partial charge on any atom is -0.493 e. The van der Waals surface area contributed by atoms with Crippen molar-refractivity contribution in [1.29, 1.82) is 0 Å². The molecule has 2 aromatic carbocycles. The highest BCUT2D eigenvalue weighted by molar-refractivity contribution is 14.1. The topological polar surface area (TPSA) is 21.3 Å². The SMILES string of the molecule is Cc1cc(I)ccc1NC(C)c1ccc2c(c1)CCO2. The zero-order chi connectivity index (χ0) is 14.1. The molecule has 20 heavy (non-hydrogen) atoms. The third-order valence-electron chi connectivity index (χ3n) is 3.77. The summed E-state index contributed by atoms with van der Waals surface area (Å²) in [7, 11) is 0.